The van der Waals surface area contributed by atoms with Crippen LogP contribution in [0.4, 0.5) is 5.13 Å². The van der Waals surface area contributed by atoms with E-state index in [-0.39, 0.29) is 17.3 Å². The van der Waals surface area contributed by atoms with E-state index in [9.17, 15) is 13.2 Å². The lowest BCUT2D eigenvalue weighted by molar-refractivity contribution is -0.117. The number of hydrogen-bond acceptors (Lipinski definition) is 8. The Kier molecular flexibility index (Phi) is 7.03. The predicted molar refractivity (Wildman–Crippen MR) is 127 cm³/mol. The Morgan fingerprint density at radius 2 is 1.70 bits per heavy atom. The minimum absolute atomic E-state index is 0.163. The number of benzene rings is 2. The van der Waals surface area contributed by atoms with Gasteiger partial charge in [-0.2, -0.15) is 4.31 Å². The van der Waals surface area contributed by atoms with Crippen LogP contribution in [0.25, 0.3) is 10.6 Å². The molecule has 2 heterocycles. The fraction of sp³-hybridized carbons (Fsp3) is 0.318. The monoisotopic (exact) mass is 487 g/mol. The molecule has 3 aromatic rings. The molecule has 1 aliphatic rings. The highest BCUT2D eigenvalue weighted by molar-refractivity contribution is 7.89. The molecule has 0 atom stereocenters. The van der Waals surface area contributed by atoms with E-state index in [1.165, 1.54) is 22.8 Å². The van der Waals surface area contributed by atoms with Gasteiger partial charge in [0.2, 0.25) is 21.1 Å². The first kappa shape index (κ1) is 23.3. The Labute approximate surface area is 197 Å². The molecule has 0 unspecified atom stereocenters. The van der Waals surface area contributed by atoms with Gasteiger partial charge in [-0.3, -0.25) is 15.0 Å². The molecule has 174 valence electrons. The van der Waals surface area contributed by atoms with Gasteiger partial charge in [0.15, 0.2) is 0 Å². The highest BCUT2D eigenvalue weighted by Gasteiger charge is 2.29. The van der Waals surface area contributed by atoms with Crippen LogP contribution in [-0.4, -0.2) is 73.6 Å². The van der Waals surface area contributed by atoms with E-state index in [1.807, 2.05) is 36.1 Å². The third kappa shape index (κ3) is 5.56. The van der Waals surface area contributed by atoms with E-state index in [4.69, 9.17) is 4.74 Å². The number of hydrogen-bond donors (Lipinski definition) is 1. The summed E-state index contributed by atoms with van der Waals surface area (Å²) >= 11 is 1.32. The second-order valence-electron chi connectivity index (χ2n) is 7.68. The average molecular weight is 488 g/mol. The molecule has 0 aliphatic carbocycles. The maximum Gasteiger partial charge on any atom is 0.243 e. The average Bonchev–Trinajstić information content (AvgIpc) is 3.28. The first-order valence-corrected chi connectivity index (χ1v) is 12.7. The maximum absolute atomic E-state index is 12.9. The molecule has 1 aliphatic heterocycles. The fourth-order valence-electron chi connectivity index (χ4n) is 3.47. The third-order valence-corrected chi connectivity index (χ3v) is 8.17. The highest BCUT2D eigenvalue weighted by atomic mass is 32.2. The molecular weight excluding hydrogens is 462 g/mol. The van der Waals surface area contributed by atoms with Crippen LogP contribution in [0.3, 0.4) is 0 Å². The lowest BCUT2D eigenvalue weighted by Gasteiger charge is -2.33. The number of anilines is 1. The molecular formula is C22H25N5O4S2. The van der Waals surface area contributed by atoms with Crippen LogP contribution >= 0.6 is 11.3 Å². The van der Waals surface area contributed by atoms with Crippen LogP contribution in [0.1, 0.15) is 5.56 Å². The Bertz CT molecular complexity index is 1200. The number of sulfonamides is 1. The number of amides is 1. The normalized spacial score (nSPS) is 15.3. The summed E-state index contributed by atoms with van der Waals surface area (Å²) in [5.74, 6) is 0.402. The number of carbonyl (C=O) groups is 1. The SMILES string of the molecule is COc1ccc(S(=O)(=O)N2CCN(CC(=O)Nc3nnc(-c4ccc(C)cc4)s3)CC2)cc1. The number of ether oxygens (including phenoxy) is 1. The minimum Gasteiger partial charge on any atom is -0.497 e. The molecule has 1 saturated heterocycles. The third-order valence-electron chi connectivity index (χ3n) is 5.37. The van der Waals surface area contributed by atoms with E-state index >= 15 is 0 Å². The van der Waals surface area contributed by atoms with Gasteiger partial charge in [0.1, 0.15) is 10.8 Å². The predicted octanol–water partition coefficient (Wildman–Crippen LogP) is 2.47. The lowest BCUT2D eigenvalue weighted by atomic mass is 10.2. The number of rotatable bonds is 7. The zero-order valence-electron chi connectivity index (χ0n) is 18.4. The Balaban J connectivity index is 1.29. The van der Waals surface area contributed by atoms with Gasteiger partial charge in [-0.05, 0) is 31.2 Å². The quantitative estimate of drug-likeness (QED) is 0.546. The summed E-state index contributed by atoms with van der Waals surface area (Å²) in [5, 5.41) is 12.2. The summed E-state index contributed by atoms with van der Waals surface area (Å²) in [4.78, 5) is 14.6. The number of aromatic nitrogens is 2. The van der Waals surface area contributed by atoms with Crippen molar-refractivity contribution in [3.05, 3.63) is 54.1 Å². The molecule has 1 fully saturated rings. The fourth-order valence-corrected chi connectivity index (χ4v) is 5.66. The molecule has 1 aromatic heterocycles. The van der Waals surface area contributed by atoms with Crippen molar-refractivity contribution >= 4 is 32.4 Å². The van der Waals surface area contributed by atoms with Gasteiger partial charge in [0.05, 0.1) is 18.6 Å². The molecule has 0 bridgehead atoms. The molecule has 33 heavy (non-hydrogen) atoms. The lowest BCUT2D eigenvalue weighted by Crippen LogP contribution is -2.50. The standard InChI is InChI=1S/C22H25N5O4S2/c1-16-3-5-17(6-4-16)21-24-25-22(32-21)23-20(28)15-26-11-13-27(14-12-26)33(29,30)19-9-7-18(31-2)8-10-19/h3-10H,11-15H2,1-2H3,(H,23,25,28). The van der Waals surface area contributed by atoms with Gasteiger partial charge in [-0.25, -0.2) is 8.42 Å². The second-order valence-corrected chi connectivity index (χ2v) is 10.6. The Morgan fingerprint density at radius 3 is 2.33 bits per heavy atom. The number of aryl methyl sites for hydroxylation is 1. The van der Waals surface area contributed by atoms with Crippen molar-refractivity contribution in [2.75, 3.05) is 45.2 Å². The van der Waals surface area contributed by atoms with Crippen molar-refractivity contribution in [2.45, 2.75) is 11.8 Å². The summed E-state index contributed by atoms with van der Waals surface area (Å²) < 4.78 is 32.3. The molecule has 11 heteroatoms. The molecule has 0 radical (unpaired) electrons. The van der Waals surface area contributed by atoms with E-state index < -0.39 is 10.0 Å². The van der Waals surface area contributed by atoms with Crippen LogP contribution in [0.2, 0.25) is 0 Å². The van der Waals surface area contributed by atoms with E-state index in [1.54, 1.807) is 24.3 Å². The van der Waals surface area contributed by atoms with Crippen LogP contribution < -0.4 is 10.1 Å². The number of nitrogens with zero attached hydrogens (tertiary/aromatic N) is 4. The van der Waals surface area contributed by atoms with Gasteiger partial charge in [-0.15, -0.1) is 10.2 Å². The van der Waals surface area contributed by atoms with E-state index in [2.05, 4.69) is 15.5 Å². The molecule has 0 saturated carbocycles. The van der Waals surface area contributed by atoms with Gasteiger partial charge >= 0.3 is 0 Å². The summed E-state index contributed by atoms with van der Waals surface area (Å²) in [6.07, 6.45) is 0. The van der Waals surface area contributed by atoms with Crippen molar-refractivity contribution in [3.8, 4) is 16.3 Å². The highest BCUT2D eigenvalue weighted by Crippen LogP contribution is 2.26. The zero-order chi connectivity index (χ0) is 23.4. The molecule has 4 rings (SSSR count). The topological polar surface area (TPSA) is 105 Å². The summed E-state index contributed by atoms with van der Waals surface area (Å²) in [6, 6.07) is 14.3. The Hall–Kier alpha value is -2.86. The minimum atomic E-state index is -3.58. The van der Waals surface area contributed by atoms with Gasteiger partial charge in [0, 0.05) is 31.7 Å². The smallest absolute Gasteiger partial charge is 0.243 e. The van der Waals surface area contributed by atoms with Gasteiger partial charge < -0.3 is 4.74 Å². The molecule has 1 N–H and O–H groups in total. The largest absolute Gasteiger partial charge is 0.497 e. The number of piperazine rings is 1. The second kappa shape index (κ2) is 9.96. The number of carbonyl (C=O) groups excluding carboxylic acids is 1. The van der Waals surface area contributed by atoms with Crippen LogP contribution in [0.15, 0.2) is 53.4 Å². The summed E-state index contributed by atoms with van der Waals surface area (Å²) in [6.45, 7) is 3.75. The van der Waals surface area contributed by atoms with Crippen LogP contribution in [0.5, 0.6) is 5.75 Å². The van der Waals surface area contributed by atoms with Crippen molar-refractivity contribution in [1.29, 1.82) is 0 Å². The maximum atomic E-state index is 12.9. The van der Waals surface area contributed by atoms with Gasteiger partial charge in [0.25, 0.3) is 0 Å². The van der Waals surface area contributed by atoms with Crippen molar-refractivity contribution in [3.63, 3.8) is 0 Å². The molecule has 2 aromatic carbocycles. The number of nitrogens with one attached hydrogen (secondary N) is 1. The van der Waals surface area contributed by atoms with Gasteiger partial charge in [-0.1, -0.05) is 41.2 Å². The summed E-state index contributed by atoms with van der Waals surface area (Å²) in [7, 11) is -2.05. The van der Waals surface area contributed by atoms with Crippen molar-refractivity contribution in [2.24, 2.45) is 0 Å². The molecule has 9 nitrogen and oxygen atoms in total. The Morgan fingerprint density at radius 1 is 1.03 bits per heavy atom. The van der Waals surface area contributed by atoms with E-state index in [0.29, 0.717) is 37.1 Å². The molecule has 1 amide bonds. The molecule has 0 spiro atoms. The number of methoxy groups -OCH3 is 1. The van der Waals surface area contributed by atoms with Crippen LogP contribution in [0, 0.1) is 6.92 Å². The van der Waals surface area contributed by atoms with Crippen LogP contribution in [-0.2, 0) is 14.8 Å². The van der Waals surface area contributed by atoms with Crippen molar-refractivity contribution < 1.29 is 17.9 Å². The van der Waals surface area contributed by atoms with Crippen molar-refractivity contribution in [1.82, 2.24) is 19.4 Å². The first-order valence-electron chi connectivity index (χ1n) is 10.4. The zero-order valence-corrected chi connectivity index (χ0v) is 20.0. The van der Waals surface area contributed by atoms with E-state index in [0.717, 1.165) is 16.1 Å². The summed E-state index contributed by atoms with van der Waals surface area (Å²) in [5.41, 5.74) is 2.11. The first-order chi connectivity index (χ1) is 15.8.